The second-order valence-electron chi connectivity index (χ2n) is 6.88. The minimum atomic E-state index is 0.591. The van der Waals surface area contributed by atoms with E-state index in [1.54, 1.807) is 0 Å². The smallest absolute Gasteiger partial charge is 0.0284 e. The van der Waals surface area contributed by atoms with Crippen LogP contribution in [-0.2, 0) is 0 Å². The van der Waals surface area contributed by atoms with Crippen LogP contribution in [0.4, 0.5) is 0 Å². The minimum Gasteiger partial charge on any atom is -0.298 e. The van der Waals surface area contributed by atoms with Crippen molar-refractivity contribution in [2.75, 3.05) is 32.4 Å². The van der Waals surface area contributed by atoms with Gasteiger partial charge in [0.2, 0.25) is 0 Å². The van der Waals surface area contributed by atoms with Crippen LogP contribution in [0.5, 0.6) is 0 Å². The first kappa shape index (κ1) is 14.2. The predicted molar refractivity (Wildman–Crippen MR) is 85.0 cm³/mol. The zero-order valence-corrected chi connectivity index (χ0v) is 13.6. The van der Waals surface area contributed by atoms with E-state index in [9.17, 15) is 0 Å². The van der Waals surface area contributed by atoms with Gasteiger partial charge in [-0.3, -0.25) is 9.80 Å². The molecule has 110 valence electrons. The van der Waals surface area contributed by atoms with Gasteiger partial charge in [-0.05, 0) is 44.9 Å². The van der Waals surface area contributed by atoms with Gasteiger partial charge in [0.1, 0.15) is 0 Å². The Morgan fingerprint density at radius 3 is 2.63 bits per heavy atom. The fourth-order valence-corrected chi connectivity index (χ4v) is 5.54. The molecular formula is C16H30N2S. The summed E-state index contributed by atoms with van der Waals surface area (Å²) in [5, 5.41) is 0. The minimum absolute atomic E-state index is 0.591. The van der Waals surface area contributed by atoms with Crippen LogP contribution in [0.2, 0.25) is 0 Å². The first-order valence-corrected chi connectivity index (χ1v) is 9.52. The van der Waals surface area contributed by atoms with Crippen molar-refractivity contribution in [3.63, 3.8) is 0 Å². The van der Waals surface area contributed by atoms with Gasteiger partial charge in [-0.15, -0.1) is 0 Å². The Morgan fingerprint density at radius 1 is 1.16 bits per heavy atom. The second-order valence-corrected chi connectivity index (χ2v) is 8.15. The number of rotatable bonds is 4. The third kappa shape index (κ3) is 2.84. The molecule has 2 aliphatic heterocycles. The first-order chi connectivity index (χ1) is 9.26. The lowest BCUT2D eigenvalue weighted by atomic mass is 10.00. The lowest BCUT2D eigenvalue weighted by molar-refractivity contribution is 0.0426. The van der Waals surface area contributed by atoms with E-state index < -0.39 is 0 Å². The molecule has 1 saturated carbocycles. The van der Waals surface area contributed by atoms with Crippen LogP contribution in [0.25, 0.3) is 0 Å². The standard InChI is InChI=1S/C16H30N2S/c1-3-14-11-17-10-6-7-15(17)12-18(14)13-16(19-2)8-4-5-9-16/h14-15H,3-13H2,1-2H3. The zero-order chi connectivity index (χ0) is 13.3. The topological polar surface area (TPSA) is 6.48 Å². The van der Waals surface area contributed by atoms with Crippen molar-refractivity contribution in [2.45, 2.75) is 68.7 Å². The normalized spacial score (nSPS) is 35.7. The molecule has 0 spiro atoms. The molecule has 0 aromatic carbocycles. The molecule has 2 heterocycles. The van der Waals surface area contributed by atoms with Crippen LogP contribution in [0.3, 0.4) is 0 Å². The molecule has 3 aliphatic rings. The van der Waals surface area contributed by atoms with Crippen molar-refractivity contribution in [3.8, 4) is 0 Å². The Morgan fingerprint density at radius 2 is 1.95 bits per heavy atom. The average Bonchev–Trinajstić information content (AvgIpc) is 3.07. The Balaban J connectivity index is 1.67. The molecule has 19 heavy (non-hydrogen) atoms. The molecule has 2 saturated heterocycles. The summed E-state index contributed by atoms with van der Waals surface area (Å²) in [6, 6.07) is 1.70. The molecule has 2 unspecified atom stereocenters. The van der Waals surface area contributed by atoms with Crippen molar-refractivity contribution in [1.82, 2.24) is 9.80 Å². The SMILES string of the molecule is CCC1CN2CCCC2CN1CC1(SC)CCCC1. The van der Waals surface area contributed by atoms with Crippen LogP contribution >= 0.6 is 11.8 Å². The van der Waals surface area contributed by atoms with Crippen molar-refractivity contribution in [2.24, 2.45) is 0 Å². The van der Waals surface area contributed by atoms with Crippen LogP contribution < -0.4 is 0 Å². The summed E-state index contributed by atoms with van der Waals surface area (Å²) < 4.78 is 0.591. The predicted octanol–water partition coefficient (Wildman–Crippen LogP) is 3.22. The highest BCUT2D eigenvalue weighted by molar-refractivity contribution is 8.00. The van der Waals surface area contributed by atoms with E-state index in [1.807, 2.05) is 0 Å². The number of fused-ring (bicyclic) bond motifs is 1. The average molecular weight is 282 g/mol. The van der Waals surface area contributed by atoms with E-state index in [1.165, 1.54) is 71.1 Å². The summed E-state index contributed by atoms with van der Waals surface area (Å²) in [5.41, 5.74) is 0. The van der Waals surface area contributed by atoms with Crippen LogP contribution in [0.15, 0.2) is 0 Å². The van der Waals surface area contributed by atoms with Gasteiger partial charge in [-0.2, -0.15) is 11.8 Å². The van der Waals surface area contributed by atoms with Gasteiger partial charge >= 0.3 is 0 Å². The fourth-order valence-electron chi connectivity index (χ4n) is 4.55. The molecule has 2 atom stereocenters. The lowest BCUT2D eigenvalue weighted by Gasteiger charge is -2.46. The molecule has 3 rings (SSSR count). The highest BCUT2D eigenvalue weighted by Gasteiger charge is 2.41. The molecule has 0 bridgehead atoms. The summed E-state index contributed by atoms with van der Waals surface area (Å²) >= 11 is 2.16. The Labute approximate surface area is 123 Å². The molecule has 0 aromatic heterocycles. The van der Waals surface area contributed by atoms with Gasteiger partial charge in [-0.1, -0.05) is 19.8 Å². The number of thioether (sulfide) groups is 1. The molecule has 3 heteroatoms. The van der Waals surface area contributed by atoms with E-state index in [0.717, 1.165) is 12.1 Å². The summed E-state index contributed by atoms with van der Waals surface area (Å²) in [6.45, 7) is 7.79. The van der Waals surface area contributed by atoms with Gasteiger partial charge in [0.05, 0.1) is 0 Å². The summed E-state index contributed by atoms with van der Waals surface area (Å²) in [6.07, 6.45) is 12.4. The largest absolute Gasteiger partial charge is 0.298 e. The van der Waals surface area contributed by atoms with E-state index >= 15 is 0 Å². The molecule has 3 fully saturated rings. The van der Waals surface area contributed by atoms with Crippen molar-refractivity contribution >= 4 is 11.8 Å². The molecule has 2 nitrogen and oxygen atoms in total. The van der Waals surface area contributed by atoms with E-state index in [4.69, 9.17) is 0 Å². The Hall–Kier alpha value is 0.270. The maximum Gasteiger partial charge on any atom is 0.0284 e. The zero-order valence-electron chi connectivity index (χ0n) is 12.7. The van der Waals surface area contributed by atoms with Crippen LogP contribution in [-0.4, -0.2) is 59.1 Å². The van der Waals surface area contributed by atoms with Crippen molar-refractivity contribution in [1.29, 1.82) is 0 Å². The number of piperazine rings is 1. The van der Waals surface area contributed by atoms with Gasteiger partial charge < -0.3 is 0 Å². The van der Waals surface area contributed by atoms with Gasteiger partial charge in [0.25, 0.3) is 0 Å². The monoisotopic (exact) mass is 282 g/mol. The molecule has 0 radical (unpaired) electrons. The fraction of sp³-hybridized carbons (Fsp3) is 1.00. The summed E-state index contributed by atoms with van der Waals surface area (Å²) in [7, 11) is 0. The molecule has 0 amide bonds. The Kier molecular flexibility index (Phi) is 4.45. The van der Waals surface area contributed by atoms with Crippen molar-refractivity contribution in [3.05, 3.63) is 0 Å². The Bertz CT molecular complexity index is 301. The lowest BCUT2D eigenvalue weighted by Crippen LogP contribution is -2.58. The quantitative estimate of drug-likeness (QED) is 0.782. The van der Waals surface area contributed by atoms with E-state index in [0.29, 0.717) is 4.75 Å². The van der Waals surface area contributed by atoms with Crippen LogP contribution in [0, 0.1) is 0 Å². The van der Waals surface area contributed by atoms with Gasteiger partial charge in [0.15, 0.2) is 0 Å². The molecular weight excluding hydrogens is 252 g/mol. The van der Waals surface area contributed by atoms with Crippen molar-refractivity contribution < 1.29 is 0 Å². The highest BCUT2D eigenvalue weighted by atomic mass is 32.2. The molecule has 0 aromatic rings. The molecule has 1 aliphatic carbocycles. The number of hydrogen-bond acceptors (Lipinski definition) is 3. The number of nitrogens with zero attached hydrogens (tertiary/aromatic N) is 2. The van der Waals surface area contributed by atoms with E-state index in [-0.39, 0.29) is 0 Å². The van der Waals surface area contributed by atoms with E-state index in [2.05, 4.69) is 34.7 Å². The van der Waals surface area contributed by atoms with Gasteiger partial charge in [-0.25, -0.2) is 0 Å². The maximum atomic E-state index is 2.87. The second kappa shape index (κ2) is 5.95. The third-order valence-corrected chi connectivity index (χ3v) is 7.22. The van der Waals surface area contributed by atoms with Crippen LogP contribution in [0.1, 0.15) is 51.9 Å². The molecule has 0 N–H and O–H groups in total. The summed E-state index contributed by atoms with van der Waals surface area (Å²) in [4.78, 5) is 5.64. The first-order valence-electron chi connectivity index (χ1n) is 8.29. The highest BCUT2D eigenvalue weighted by Crippen LogP contribution is 2.42. The van der Waals surface area contributed by atoms with Gasteiger partial charge in [0, 0.05) is 36.5 Å². The summed E-state index contributed by atoms with van der Waals surface area (Å²) in [5.74, 6) is 0. The maximum absolute atomic E-state index is 2.87. The third-order valence-electron chi connectivity index (χ3n) is 5.82. The number of hydrogen-bond donors (Lipinski definition) is 0.